The van der Waals surface area contributed by atoms with E-state index in [0.29, 0.717) is 12.5 Å². The van der Waals surface area contributed by atoms with Crippen LogP contribution in [0.2, 0.25) is 0 Å². The fourth-order valence-corrected chi connectivity index (χ4v) is 3.31. The van der Waals surface area contributed by atoms with Crippen molar-refractivity contribution >= 4 is 5.91 Å². The lowest BCUT2D eigenvalue weighted by Crippen LogP contribution is -2.45. The molecule has 3 nitrogen and oxygen atoms in total. The Bertz CT molecular complexity index is 484. The monoisotopic (exact) mass is 288 g/mol. The minimum atomic E-state index is -0.0422. The summed E-state index contributed by atoms with van der Waals surface area (Å²) in [6.45, 7) is 6.93. The predicted octanol–water partition coefficient (Wildman–Crippen LogP) is 3.23. The molecule has 1 aromatic carbocycles. The van der Waals surface area contributed by atoms with Crippen molar-refractivity contribution in [3.8, 4) is 0 Å². The summed E-state index contributed by atoms with van der Waals surface area (Å²) in [5.74, 6) is 0.559. The first-order valence-electron chi connectivity index (χ1n) is 8.04. The molecular formula is C18H28N2O. The topological polar surface area (TPSA) is 55.1 Å². The largest absolute Gasteiger partial charge is 0.348 e. The smallest absolute Gasteiger partial charge is 0.251 e. The number of carbonyl (C=O) groups is 1. The fraction of sp³-hybridized carbons (Fsp3) is 0.611. The summed E-state index contributed by atoms with van der Waals surface area (Å²) >= 11 is 0. The van der Waals surface area contributed by atoms with Crippen LogP contribution in [0.25, 0.3) is 0 Å². The van der Waals surface area contributed by atoms with Crippen molar-refractivity contribution in [2.45, 2.75) is 57.9 Å². The second-order valence-corrected chi connectivity index (χ2v) is 7.16. The molecule has 1 atom stereocenters. The lowest BCUT2D eigenvalue weighted by Gasteiger charge is -2.26. The third kappa shape index (κ3) is 3.85. The zero-order valence-electron chi connectivity index (χ0n) is 13.5. The van der Waals surface area contributed by atoms with Crippen LogP contribution < -0.4 is 11.1 Å². The Balaban J connectivity index is 2.16. The summed E-state index contributed by atoms with van der Waals surface area (Å²) in [5, 5.41) is 3.17. The number of rotatable bonds is 4. The molecule has 1 aliphatic rings. The third-order valence-electron chi connectivity index (χ3n) is 4.52. The van der Waals surface area contributed by atoms with E-state index in [4.69, 9.17) is 5.73 Å². The first kappa shape index (κ1) is 16.0. The number of amides is 1. The highest BCUT2D eigenvalue weighted by molar-refractivity contribution is 5.96. The van der Waals surface area contributed by atoms with Gasteiger partial charge in [0.2, 0.25) is 0 Å². The van der Waals surface area contributed by atoms with Gasteiger partial charge in [0, 0.05) is 18.2 Å². The molecule has 0 aliphatic heterocycles. The molecule has 3 N–H and O–H groups in total. The molecule has 0 aromatic heterocycles. The molecular weight excluding hydrogens is 260 g/mol. The number of nitrogens with two attached hydrogens (primary N) is 1. The van der Waals surface area contributed by atoms with Crippen LogP contribution in [0.15, 0.2) is 24.3 Å². The van der Waals surface area contributed by atoms with Gasteiger partial charge in [0.25, 0.3) is 5.91 Å². The van der Waals surface area contributed by atoms with Crippen molar-refractivity contribution in [3.05, 3.63) is 35.4 Å². The normalized spacial score (nSPS) is 17.7. The summed E-state index contributed by atoms with van der Waals surface area (Å²) in [6.07, 6.45) is 4.89. The van der Waals surface area contributed by atoms with E-state index in [1.165, 1.54) is 25.7 Å². The van der Waals surface area contributed by atoms with E-state index in [9.17, 15) is 4.79 Å². The van der Waals surface area contributed by atoms with Crippen LogP contribution in [-0.4, -0.2) is 18.5 Å². The summed E-state index contributed by atoms with van der Waals surface area (Å²) in [7, 11) is 0. The number of nitrogens with one attached hydrogen (secondary N) is 1. The summed E-state index contributed by atoms with van der Waals surface area (Å²) in [6, 6.07) is 7.99. The predicted molar refractivity (Wildman–Crippen MR) is 87.4 cm³/mol. The molecule has 21 heavy (non-hydrogen) atoms. The Morgan fingerprint density at radius 1 is 1.29 bits per heavy atom. The van der Waals surface area contributed by atoms with Crippen LogP contribution in [-0.2, 0) is 5.41 Å². The molecule has 0 spiro atoms. The van der Waals surface area contributed by atoms with E-state index >= 15 is 0 Å². The molecule has 1 unspecified atom stereocenters. The maximum atomic E-state index is 12.7. The fourth-order valence-electron chi connectivity index (χ4n) is 3.31. The van der Waals surface area contributed by atoms with E-state index in [1.807, 2.05) is 24.3 Å². The molecule has 2 rings (SSSR count). The molecule has 116 valence electrons. The van der Waals surface area contributed by atoms with E-state index in [2.05, 4.69) is 26.1 Å². The molecule has 0 saturated heterocycles. The molecule has 0 radical (unpaired) electrons. The van der Waals surface area contributed by atoms with Gasteiger partial charge in [-0.2, -0.15) is 0 Å². The number of hydrogen-bond acceptors (Lipinski definition) is 2. The van der Waals surface area contributed by atoms with Gasteiger partial charge in [-0.05, 0) is 35.8 Å². The Morgan fingerprint density at radius 3 is 2.48 bits per heavy atom. The van der Waals surface area contributed by atoms with Gasteiger partial charge in [0.15, 0.2) is 0 Å². The second-order valence-electron chi connectivity index (χ2n) is 7.16. The molecule has 1 saturated carbocycles. The van der Waals surface area contributed by atoms with Gasteiger partial charge in [-0.15, -0.1) is 0 Å². The summed E-state index contributed by atoms with van der Waals surface area (Å²) < 4.78 is 0. The van der Waals surface area contributed by atoms with Gasteiger partial charge in [-0.25, -0.2) is 0 Å². The van der Waals surface area contributed by atoms with E-state index < -0.39 is 0 Å². The van der Waals surface area contributed by atoms with Crippen molar-refractivity contribution in [3.63, 3.8) is 0 Å². The average molecular weight is 288 g/mol. The SMILES string of the molecule is CC(C)(C)c1ccccc1C(=O)NC(CN)C1CCCC1. The lowest BCUT2D eigenvalue weighted by molar-refractivity contribution is 0.0922. The van der Waals surface area contributed by atoms with Crippen molar-refractivity contribution in [1.82, 2.24) is 5.32 Å². The Hall–Kier alpha value is -1.35. The molecule has 1 aliphatic carbocycles. The molecule has 1 fully saturated rings. The van der Waals surface area contributed by atoms with Crippen LogP contribution in [0.5, 0.6) is 0 Å². The second kappa shape index (κ2) is 6.61. The average Bonchev–Trinajstić information content (AvgIpc) is 2.97. The van der Waals surface area contributed by atoms with Gasteiger partial charge in [-0.1, -0.05) is 51.8 Å². The van der Waals surface area contributed by atoms with Gasteiger partial charge in [-0.3, -0.25) is 4.79 Å². The Morgan fingerprint density at radius 2 is 1.90 bits per heavy atom. The third-order valence-corrected chi connectivity index (χ3v) is 4.52. The van der Waals surface area contributed by atoms with Crippen LogP contribution in [0.1, 0.15) is 62.4 Å². The number of benzene rings is 1. The quantitative estimate of drug-likeness (QED) is 0.893. The van der Waals surface area contributed by atoms with Crippen molar-refractivity contribution < 1.29 is 4.79 Å². The highest BCUT2D eigenvalue weighted by Gasteiger charge is 2.27. The number of carbonyl (C=O) groups excluding carboxylic acids is 1. The standard InChI is InChI=1S/C18H28N2O/c1-18(2,3)15-11-7-6-10-14(15)17(21)20-16(12-19)13-8-4-5-9-13/h6-7,10-11,13,16H,4-5,8-9,12,19H2,1-3H3,(H,20,21). The molecule has 1 amide bonds. The van der Waals surface area contributed by atoms with Gasteiger partial charge >= 0.3 is 0 Å². The van der Waals surface area contributed by atoms with Crippen LogP contribution in [0.4, 0.5) is 0 Å². The van der Waals surface area contributed by atoms with Gasteiger partial charge in [0.05, 0.1) is 0 Å². The zero-order valence-corrected chi connectivity index (χ0v) is 13.5. The maximum Gasteiger partial charge on any atom is 0.251 e. The lowest BCUT2D eigenvalue weighted by atomic mass is 9.83. The van der Waals surface area contributed by atoms with Gasteiger partial charge in [0.1, 0.15) is 0 Å². The highest BCUT2D eigenvalue weighted by Crippen LogP contribution is 2.29. The zero-order chi connectivity index (χ0) is 15.5. The maximum absolute atomic E-state index is 12.7. The minimum Gasteiger partial charge on any atom is -0.348 e. The summed E-state index contributed by atoms with van der Waals surface area (Å²) in [4.78, 5) is 12.7. The Kier molecular flexibility index (Phi) is 5.04. The van der Waals surface area contributed by atoms with Crippen molar-refractivity contribution in [1.29, 1.82) is 0 Å². The highest BCUT2D eigenvalue weighted by atomic mass is 16.1. The van der Waals surface area contributed by atoms with Crippen molar-refractivity contribution in [2.24, 2.45) is 11.7 Å². The molecule has 0 heterocycles. The first-order valence-corrected chi connectivity index (χ1v) is 8.04. The van der Waals surface area contributed by atoms with E-state index in [0.717, 1.165) is 11.1 Å². The first-order chi connectivity index (χ1) is 9.93. The van der Waals surface area contributed by atoms with Crippen molar-refractivity contribution in [2.75, 3.05) is 6.54 Å². The molecule has 0 bridgehead atoms. The van der Waals surface area contributed by atoms with E-state index in [-0.39, 0.29) is 17.4 Å². The van der Waals surface area contributed by atoms with E-state index in [1.54, 1.807) is 0 Å². The number of hydrogen-bond donors (Lipinski definition) is 2. The van der Waals surface area contributed by atoms with Gasteiger partial charge < -0.3 is 11.1 Å². The summed E-state index contributed by atoms with van der Waals surface area (Å²) in [5.41, 5.74) is 7.71. The molecule has 3 heteroatoms. The Labute approximate surface area is 128 Å². The molecule has 1 aromatic rings. The van der Waals surface area contributed by atoms with Crippen LogP contribution in [0, 0.1) is 5.92 Å². The van der Waals surface area contributed by atoms with Crippen LogP contribution >= 0.6 is 0 Å². The minimum absolute atomic E-state index is 0.0166. The van der Waals surface area contributed by atoms with Crippen LogP contribution in [0.3, 0.4) is 0 Å².